The second-order valence-corrected chi connectivity index (χ2v) is 4.26. The quantitative estimate of drug-likeness (QED) is 0.532. The van der Waals surface area contributed by atoms with Gasteiger partial charge in [-0.1, -0.05) is 0 Å². The minimum atomic E-state index is -0.515. The van der Waals surface area contributed by atoms with Crippen LogP contribution in [-0.2, 0) is 0 Å². The Bertz CT molecular complexity index is 690. The van der Waals surface area contributed by atoms with E-state index in [0.29, 0.717) is 11.1 Å². The SMILES string of the molecule is Cc1cc([N+](=O)[O-])ccc1C(=O)Nc1ccnc(Cl)n1. The van der Waals surface area contributed by atoms with Crippen LogP contribution in [0.3, 0.4) is 0 Å². The van der Waals surface area contributed by atoms with E-state index in [4.69, 9.17) is 11.6 Å². The molecule has 1 N–H and O–H groups in total. The fraction of sp³-hybridized carbons (Fsp3) is 0.0833. The highest BCUT2D eigenvalue weighted by Crippen LogP contribution is 2.18. The van der Waals surface area contributed by atoms with E-state index in [1.54, 1.807) is 6.92 Å². The van der Waals surface area contributed by atoms with Crippen molar-refractivity contribution in [3.63, 3.8) is 0 Å². The number of aryl methyl sites for hydroxylation is 1. The van der Waals surface area contributed by atoms with Crippen LogP contribution in [0.25, 0.3) is 0 Å². The summed E-state index contributed by atoms with van der Waals surface area (Å²) >= 11 is 5.61. The van der Waals surface area contributed by atoms with Crippen LogP contribution < -0.4 is 5.32 Å². The lowest BCUT2D eigenvalue weighted by molar-refractivity contribution is -0.384. The van der Waals surface area contributed by atoms with Gasteiger partial charge >= 0.3 is 0 Å². The molecule has 0 radical (unpaired) electrons. The van der Waals surface area contributed by atoms with Gasteiger partial charge in [-0.3, -0.25) is 14.9 Å². The van der Waals surface area contributed by atoms with Crippen molar-refractivity contribution in [3.8, 4) is 0 Å². The van der Waals surface area contributed by atoms with E-state index in [9.17, 15) is 14.9 Å². The van der Waals surface area contributed by atoms with Crippen molar-refractivity contribution in [1.29, 1.82) is 0 Å². The number of nitro benzene ring substituents is 1. The molecule has 0 bridgehead atoms. The molecular weight excluding hydrogens is 284 g/mol. The fourth-order valence-corrected chi connectivity index (χ4v) is 1.75. The maximum Gasteiger partial charge on any atom is 0.269 e. The lowest BCUT2D eigenvalue weighted by Gasteiger charge is -2.06. The molecule has 1 heterocycles. The lowest BCUT2D eigenvalue weighted by atomic mass is 10.1. The average Bonchev–Trinajstić information content (AvgIpc) is 2.38. The Morgan fingerprint density at radius 1 is 1.40 bits per heavy atom. The highest BCUT2D eigenvalue weighted by atomic mass is 35.5. The van der Waals surface area contributed by atoms with E-state index in [-0.39, 0.29) is 16.8 Å². The van der Waals surface area contributed by atoms with Gasteiger partial charge < -0.3 is 5.32 Å². The van der Waals surface area contributed by atoms with Crippen molar-refractivity contribution in [2.45, 2.75) is 6.92 Å². The highest BCUT2D eigenvalue weighted by molar-refractivity contribution is 6.28. The van der Waals surface area contributed by atoms with Crippen molar-refractivity contribution in [1.82, 2.24) is 9.97 Å². The minimum Gasteiger partial charge on any atom is -0.306 e. The number of carbonyl (C=O) groups is 1. The Morgan fingerprint density at radius 2 is 2.15 bits per heavy atom. The zero-order chi connectivity index (χ0) is 14.7. The number of amides is 1. The topological polar surface area (TPSA) is 98.0 Å². The third-order valence-corrected chi connectivity index (χ3v) is 2.72. The molecule has 7 nitrogen and oxygen atoms in total. The summed E-state index contributed by atoms with van der Waals surface area (Å²) < 4.78 is 0. The van der Waals surface area contributed by atoms with Crippen molar-refractivity contribution >= 4 is 29.0 Å². The fourth-order valence-electron chi connectivity index (χ4n) is 1.60. The summed E-state index contributed by atoms with van der Waals surface area (Å²) in [6.45, 7) is 1.62. The molecule has 2 rings (SSSR count). The molecule has 0 aliphatic carbocycles. The number of anilines is 1. The van der Waals surface area contributed by atoms with Crippen LogP contribution in [0.1, 0.15) is 15.9 Å². The maximum atomic E-state index is 12.0. The van der Waals surface area contributed by atoms with Crippen LogP contribution in [0, 0.1) is 17.0 Å². The molecule has 0 aliphatic heterocycles. The third kappa shape index (κ3) is 3.07. The molecule has 20 heavy (non-hydrogen) atoms. The molecule has 0 aliphatic rings. The van der Waals surface area contributed by atoms with Crippen LogP contribution in [0.5, 0.6) is 0 Å². The number of carbonyl (C=O) groups excluding carboxylic acids is 1. The number of nitro groups is 1. The van der Waals surface area contributed by atoms with Gasteiger partial charge in [0.15, 0.2) is 0 Å². The first-order valence-electron chi connectivity index (χ1n) is 5.52. The summed E-state index contributed by atoms with van der Waals surface area (Å²) in [4.78, 5) is 29.7. The Balaban J connectivity index is 2.23. The van der Waals surface area contributed by atoms with Gasteiger partial charge in [-0.2, -0.15) is 0 Å². The zero-order valence-electron chi connectivity index (χ0n) is 10.3. The summed E-state index contributed by atoms with van der Waals surface area (Å²) in [6, 6.07) is 5.49. The first-order chi connectivity index (χ1) is 9.47. The molecule has 1 amide bonds. The number of non-ortho nitro benzene ring substituents is 1. The van der Waals surface area contributed by atoms with E-state index >= 15 is 0 Å². The van der Waals surface area contributed by atoms with E-state index < -0.39 is 10.8 Å². The number of rotatable bonds is 3. The second-order valence-electron chi connectivity index (χ2n) is 3.92. The maximum absolute atomic E-state index is 12.0. The molecule has 102 valence electrons. The van der Waals surface area contributed by atoms with Crippen LogP contribution >= 0.6 is 11.6 Å². The van der Waals surface area contributed by atoms with Crippen LogP contribution in [0.2, 0.25) is 5.28 Å². The first-order valence-corrected chi connectivity index (χ1v) is 5.90. The molecule has 2 aromatic rings. The molecule has 8 heteroatoms. The molecule has 1 aromatic carbocycles. The number of nitrogens with one attached hydrogen (secondary N) is 1. The molecular formula is C12H9ClN4O3. The molecule has 0 spiro atoms. The monoisotopic (exact) mass is 292 g/mol. The van der Waals surface area contributed by atoms with Crippen LogP contribution in [0.4, 0.5) is 11.5 Å². The Hall–Kier alpha value is -2.54. The van der Waals surface area contributed by atoms with E-state index in [1.807, 2.05) is 0 Å². The Morgan fingerprint density at radius 3 is 2.75 bits per heavy atom. The minimum absolute atomic E-state index is 0.0169. The first kappa shape index (κ1) is 13.9. The van der Waals surface area contributed by atoms with Gasteiger partial charge in [0.25, 0.3) is 11.6 Å². The Labute approximate surface area is 118 Å². The van der Waals surface area contributed by atoms with Crippen molar-refractivity contribution in [3.05, 3.63) is 57.0 Å². The van der Waals surface area contributed by atoms with Gasteiger partial charge in [-0.15, -0.1) is 0 Å². The van der Waals surface area contributed by atoms with E-state index in [0.717, 1.165) is 0 Å². The van der Waals surface area contributed by atoms with Crippen molar-refractivity contribution < 1.29 is 9.72 Å². The number of benzene rings is 1. The highest BCUT2D eigenvalue weighted by Gasteiger charge is 2.14. The van der Waals surface area contributed by atoms with Gasteiger partial charge in [0.1, 0.15) is 5.82 Å². The summed E-state index contributed by atoms with van der Waals surface area (Å²) in [5.74, 6) is -0.167. The predicted octanol–water partition coefficient (Wildman–Crippen LogP) is 2.60. The molecule has 0 fully saturated rings. The largest absolute Gasteiger partial charge is 0.306 e. The summed E-state index contributed by atoms with van der Waals surface area (Å²) in [6.07, 6.45) is 1.41. The van der Waals surface area contributed by atoms with Gasteiger partial charge in [0.2, 0.25) is 5.28 Å². The van der Waals surface area contributed by atoms with Crippen LogP contribution in [-0.4, -0.2) is 20.8 Å². The molecule has 1 aromatic heterocycles. The van der Waals surface area contributed by atoms with Crippen LogP contribution in [0.15, 0.2) is 30.5 Å². The zero-order valence-corrected chi connectivity index (χ0v) is 11.1. The van der Waals surface area contributed by atoms with E-state index in [1.165, 1.54) is 30.5 Å². The summed E-state index contributed by atoms with van der Waals surface area (Å²) in [7, 11) is 0. The number of hydrogen-bond acceptors (Lipinski definition) is 5. The molecule has 0 unspecified atom stereocenters. The number of halogens is 1. The lowest BCUT2D eigenvalue weighted by Crippen LogP contribution is -2.14. The van der Waals surface area contributed by atoms with Crippen molar-refractivity contribution in [2.24, 2.45) is 0 Å². The Kier molecular flexibility index (Phi) is 3.90. The van der Waals surface area contributed by atoms with E-state index in [2.05, 4.69) is 15.3 Å². The molecule has 0 saturated heterocycles. The van der Waals surface area contributed by atoms with Gasteiger partial charge in [-0.25, -0.2) is 9.97 Å². The number of aromatic nitrogens is 2. The normalized spacial score (nSPS) is 10.1. The second kappa shape index (κ2) is 5.62. The van der Waals surface area contributed by atoms with Gasteiger partial charge in [-0.05, 0) is 36.2 Å². The molecule has 0 atom stereocenters. The summed E-state index contributed by atoms with van der Waals surface area (Å²) in [5.41, 5.74) is 0.756. The van der Waals surface area contributed by atoms with Gasteiger partial charge in [0, 0.05) is 23.9 Å². The molecule has 0 saturated carbocycles. The third-order valence-electron chi connectivity index (χ3n) is 2.53. The predicted molar refractivity (Wildman–Crippen MR) is 72.8 cm³/mol. The smallest absolute Gasteiger partial charge is 0.269 e. The standard InChI is InChI=1S/C12H9ClN4O3/c1-7-6-8(17(19)20)2-3-9(7)11(18)15-10-4-5-14-12(13)16-10/h2-6H,1H3,(H,14,15,16,18). The number of hydrogen-bond donors (Lipinski definition) is 1. The average molecular weight is 293 g/mol. The number of nitrogens with zero attached hydrogens (tertiary/aromatic N) is 3. The van der Waals surface area contributed by atoms with Crippen molar-refractivity contribution in [2.75, 3.05) is 5.32 Å². The van der Waals surface area contributed by atoms with Gasteiger partial charge in [0.05, 0.1) is 4.92 Å². The summed E-state index contributed by atoms with van der Waals surface area (Å²) in [5, 5.41) is 13.2.